The topological polar surface area (TPSA) is 109 Å². The number of thioether (sulfide) groups is 1. The molecule has 0 radical (unpaired) electrons. The number of benzene rings is 2. The maximum absolute atomic E-state index is 13.8. The molecule has 0 aliphatic carbocycles. The van der Waals surface area contributed by atoms with Crippen molar-refractivity contribution in [2.45, 2.75) is 94.8 Å². The standard InChI is InChI=1S/C36H41N3O6S/c1-35(2)16-19-38-20-17-36(3,4)30-31(38)26(35)22-23-21-25(34(43)44-32(23)30)33(46-24-11-7-5-8-12-24)37-18-10-6-9-13-29(42)45-39-27(40)14-15-28(39)41/h5,7-8,11-12,21-22H,6,9-10,13-20H2,1-4H3. The Kier molecular flexibility index (Phi) is 8.85. The smallest absolute Gasteiger partial charge is 0.346 e. The molecule has 0 unspecified atom stereocenters. The predicted molar refractivity (Wildman–Crippen MR) is 179 cm³/mol. The summed E-state index contributed by atoms with van der Waals surface area (Å²) < 4.78 is 6.25. The molecule has 242 valence electrons. The predicted octanol–water partition coefficient (Wildman–Crippen LogP) is 6.67. The van der Waals surface area contributed by atoms with Crippen molar-refractivity contribution in [1.82, 2.24) is 5.06 Å². The first-order valence-electron chi connectivity index (χ1n) is 16.2. The summed E-state index contributed by atoms with van der Waals surface area (Å²) in [4.78, 5) is 62.6. The van der Waals surface area contributed by atoms with E-state index in [0.29, 0.717) is 47.1 Å². The second-order valence-corrected chi connectivity index (χ2v) is 14.8. The summed E-state index contributed by atoms with van der Waals surface area (Å²) in [5.41, 5.74) is 4.26. The van der Waals surface area contributed by atoms with Crippen LogP contribution in [0.3, 0.4) is 0 Å². The number of carbonyl (C=O) groups excluding carboxylic acids is 3. The van der Waals surface area contributed by atoms with E-state index in [1.54, 1.807) is 0 Å². The summed E-state index contributed by atoms with van der Waals surface area (Å²) in [6.07, 6.45) is 4.19. The van der Waals surface area contributed by atoms with E-state index in [9.17, 15) is 19.2 Å². The van der Waals surface area contributed by atoms with E-state index in [0.717, 1.165) is 41.8 Å². The number of hydroxylamine groups is 2. The van der Waals surface area contributed by atoms with Gasteiger partial charge in [-0.3, -0.25) is 14.6 Å². The Bertz CT molecular complexity index is 1760. The first kappa shape index (κ1) is 32.0. The highest BCUT2D eigenvalue weighted by Gasteiger charge is 2.42. The number of hydrogen-bond acceptors (Lipinski definition) is 9. The number of hydrogen-bond donors (Lipinski definition) is 0. The number of imide groups is 1. The number of fused-ring (bicyclic) bond motifs is 2. The monoisotopic (exact) mass is 643 g/mol. The van der Waals surface area contributed by atoms with Gasteiger partial charge in [0.2, 0.25) is 0 Å². The van der Waals surface area contributed by atoms with Crippen LogP contribution in [0, 0.1) is 0 Å². The molecule has 1 aromatic heterocycles. The Hall–Kier alpha value is -3.92. The van der Waals surface area contributed by atoms with Crippen LogP contribution in [0.1, 0.15) is 95.8 Å². The summed E-state index contributed by atoms with van der Waals surface area (Å²) >= 11 is 1.44. The zero-order valence-electron chi connectivity index (χ0n) is 27.0. The molecule has 0 spiro atoms. The van der Waals surface area contributed by atoms with Gasteiger partial charge >= 0.3 is 11.6 Å². The van der Waals surface area contributed by atoms with Gasteiger partial charge in [0, 0.05) is 60.4 Å². The number of carbonyl (C=O) groups is 3. The minimum absolute atomic E-state index is 0.000158. The summed E-state index contributed by atoms with van der Waals surface area (Å²) in [6, 6.07) is 14.0. The van der Waals surface area contributed by atoms with Crippen molar-refractivity contribution in [3.63, 3.8) is 0 Å². The first-order chi connectivity index (χ1) is 21.9. The molecule has 3 aliphatic heterocycles. The van der Waals surface area contributed by atoms with Crippen LogP contribution in [0.5, 0.6) is 0 Å². The molecule has 9 nitrogen and oxygen atoms in total. The van der Waals surface area contributed by atoms with Gasteiger partial charge in [-0.1, -0.05) is 64.1 Å². The highest BCUT2D eigenvalue weighted by Crippen LogP contribution is 2.51. The van der Waals surface area contributed by atoms with Crippen LogP contribution >= 0.6 is 11.8 Å². The fourth-order valence-corrected chi connectivity index (χ4v) is 7.54. The summed E-state index contributed by atoms with van der Waals surface area (Å²) in [6.45, 7) is 11.6. The average Bonchev–Trinajstić information content (AvgIpc) is 3.33. The van der Waals surface area contributed by atoms with Crippen molar-refractivity contribution in [3.05, 3.63) is 69.6 Å². The van der Waals surface area contributed by atoms with Crippen molar-refractivity contribution < 1.29 is 23.6 Å². The van der Waals surface area contributed by atoms with Crippen LogP contribution in [-0.4, -0.2) is 47.5 Å². The number of amides is 2. The van der Waals surface area contributed by atoms with Crippen molar-refractivity contribution in [2.24, 2.45) is 4.99 Å². The van der Waals surface area contributed by atoms with Crippen LogP contribution in [-0.2, 0) is 30.1 Å². The Morgan fingerprint density at radius 3 is 2.35 bits per heavy atom. The van der Waals surface area contributed by atoms with Gasteiger partial charge in [0.1, 0.15) is 10.6 Å². The first-order valence-corrected chi connectivity index (χ1v) is 17.0. The normalized spacial score (nSPS) is 18.7. The third kappa shape index (κ3) is 6.36. The zero-order chi connectivity index (χ0) is 32.6. The molecular formula is C36H41N3O6S. The number of rotatable bonds is 9. The molecule has 0 saturated carbocycles. The van der Waals surface area contributed by atoms with Crippen LogP contribution in [0.2, 0.25) is 0 Å². The lowest BCUT2D eigenvalue weighted by Crippen LogP contribution is -2.44. The van der Waals surface area contributed by atoms with Gasteiger partial charge < -0.3 is 14.2 Å². The fraction of sp³-hybridized carbons (Fsp3) is 0.472. The number of unbranched alkanes of at least 4 members (excludes halogenated alkanes) is 2. The maximum atomic E-state index is 13.8. The van der Waals surface area contributed by atoms with E-state index in [4.69, 9.17) is 14.2 Å². The van der Waals surface area contributed by atoms with Gasteiger partial charge in [-0.25, -0.2) is 9.59 Å². The number of aliphatic imine (C=N–C) groups is 1. The largest absolute Gasteiger partial charge is 0.422 e. The maximum Gasteiger partial charge on any atom is 0.346 e. The fourth-order valence-electron chi connectivity index (χ4n) is 6.62. The summed E-state index contributed by atoms with van der Waals surface area (Å²) in [7, 11) is 0. The quantitative estimate of drug-likeness (QED) is 0.0635. The van der Waals surface area contributed by atoms with E-state index in [-0.39, 0.29) is 30.1 Å². The third-order valence-electron chi connectivity index (χ3n) is 9.41. The molecule has 2 amide bonds. The molecule has 0 bridgehead atoms. The van der Waals surface area contributed by atoms with Crippen LogP contribution in [0.15, 0.2) is 61.6 Å². The van der Waals surface area contributed by atoms with Crippen molar-refractivity contribution >= 4 is 51.2 Å². The van der Waals surface area contributed by atoms with Crippen molar-refractivity contribution in [1.29, 1.82) is 0 Å². The molecule has 46 heavy (non-hydrogen) atoms. The van der Waals surface area contributed by atoms with Crippen molar-refractivity contribution in [3.8, 4) is 0 Å². The van der Waals surface area contributed by atoms with E-state index < -0.39 is 23.4 Å². The lowest BCUT2D eigenvalue weighted by Gasteiger charge is -2.48. The van der Waals surface area contributed by atoms with Gasteiger partial charge in [-0.15, -0.1) is 5.06 Å². The van der Waals surface area contributed by atoms with E-state index in [2.05, 4.69) is 38.7 Å². The molecule has 4 heterocycles. The Morgan fingerprint density at radius 1 is 0.935 bits per heavy atom. The molecule has 0 atom stereocenters. The molecule has 1 fully saturated rings. The zero-order valence-corrected chi connectivity index (χ0v) is 27.8. The van der Waals surface area contributed by atoms with Gasteiger partial charge in [0.25, 0.3) is 11.8 Å². The van der Waals surface area contributed by atoms with Gasteiger partial charge in [-0.2, -0.15) is 0 Å². The Balaban J connectivity index is 1.25. The van der Waals surface area contributed by atoms with E-state index >= 15 is 0 Å². The SMILES string of the molecule is CC1(C)CCN2CCC(C)(C)c3c2c1cc1cc(C(=NCCCCCC(=O)ON2C(=O)CCC2=O)Sc2ccccc2)c(=O)oc31. The molecule has 3 aliphatic rings. The van der Waals surface area contributed by atoms with Crippen LogP contribution in [0.4, 0.5) is 5.69 Å². The van der Waals surface area contributed by atoms with Gasteiger partial charge in [-0.05, 0) is 66.3 Å². The second kappa shape index (κ2) is 12.7. The molecule has 3 aromatic rings. The summed E-state index contributed by atoms with van der Waals surface area (Å²) in [5.74, 6) is -1.57. The minimum Gasteiger partial charge on any atom is -0.422 e. The summed E-state index contributed by atoms with van der Waals surface area (Å²) in [5, 5.41) is 2.10. The molecular weight excluding hydrogens is 602 g/mol. The molecule has 2 aromatic carbocycles. The number of nitrogens with zero attached hydrogens (tertiary/aromatic N) is 3. The lowest BCUT2D eigenvalue weighted by molar-refractivity contribution is -0.197. The minimum atomic E-state index is -0.600. The third-order valence-corrected chi connectivity index (χ3v) is 10.5. The molecule has 6 rings (SSSR count). The van der Waals surface area contributed by atoms with Gasteiger partial charge in [0.15, 0.2) is 0 Å². The Labute approximate surface area is 273 Å². The molecule has 10 heteroatoms. The highest BCUT2D eigenvalue weighted by molar-refractivity contribution is 8.14. The highest BCUT2D eigenvalue weighted by atomic mass is 32.2. The van der Waals surface area contributed by atoms with Crippen LogP contribution < -0.4 is 10.5 Å². The van der Waals surface area contributed by atoms with Crippen molar-refractivity contribution in [2.75, 3.05) is 24.5 Å². The van der Waals surface area contributed by atoms with Crippen LogP contribution in [0.25, 0.3) is 11.0 Å². The average molecular weight is 644 g/mol. The number of anilines is 1. The van der Waals surface area contributed by atoms with E-state index in [1.165, 1.54) is 23.0 Å². The van der Waals surface area contributed by atoms with E-state index in [1.807, 2.05) is 36.4 Å². The molecule has 1 saturated heterocycles. The second-order valence-electron chi connectivity index (χ2n) is 13.7. The molecule has 0 N–H and O–H groups in total. The lowest BCUT2D eigenvalue weighted by atomic mass is 9.69. The Morgan fingerprint density at radius 2 is 1.63 bits per heavy atom. The van der Waals surface area contributed by atoms with Gasteiger partial charge in [0.05, 0.1) is 5.56 Å².